The van der Waals surface area contributed by atoms with Crippen molar-refractivity contribution in [2.45, 2.75) is 13.1 Å². The van der Waals surface area contributed by atoms with Crippen molar-refractivity contribution in [1.82, 2.24) is 9.55 Å². The first-order valence-corrected chi connectivity index (χ1v) is 7.68. The number of carbonyl (C=O) groups excluding carboxylic acids is 1. The minimum atomic E-state index is -4.46. The lowest BCUT2D eigenvalue weighted by atomic mass is 10.1. The molecule has 0 amide bonds. The summed E-state index contributed by atoms with van der Waals surface area (Å²) in [5.41, 5.74) is -1.01. The maximum atomic E-state index is 12.8. The average molecular weight is 362 g/mol. The maximum Gasteiger partial charge on any atom is 0.416 e. The number of aromatic nitrogens is 2. The highest BCUT2D eigenvalue weighted by Gasteiger charge is 2.30. The Hall–Kier alpha value is -3.16. The average Bonchev–Trinajstić information content (AvgIpc) is 2.62. The minimum Gasteiger partial charge on any atom is -0.462 e. The van der Waals surface area contributed by atoms with Gasteiger partial charge >= 0.3 is 12.1 Å². The SMILES string of the molecule is CCOC(=O)c1cn(-c2ccc(C(F)(F)F)cc2)c2ncccc2c1=O. The monoisotopic (exact) mass is 362 g/mol. The Bertz CT molecular complexity index is 1020. The highest BCUT2D eigenvalue weighted by Crippen LogP contribution is 2.30. The van der Waals surface area contributed by atoms with E-state index in [0.717, 1.165) is 12.1 Å². The molecule has 0 unspecified atom stereocenters. The molecule has 0 atom stereocenters. The second-order valence-corrected chi connectivity index (χ2v) is 5.38. The van der Waals surface area contributed by atoms with E-state index in [0.29, 0.717) is 5.69 Å². The number of alkyl halides is 3. The number of ether oxygens (including phenoxy) is 1. The van der Waals surface area contributed by atoms with Crippen LogP contribution in [0.4, 0.5) is 13.2 Å². The van der Waals surface area contributed by atoms with Gasteiger partial charge in [0.05, 0.1) is 17.6 Å². The molecule has 0 aliphatic heterocycles. The van der Waals surface area contributed by atoms with E-state index in [1.165, 1.54) is 41.2 Å². The van der Waals surface area contributed by atoms with Crippen LogP contribution in [0.25, 0.3) is 16.7 Å². The molecule has 8 heteroatoms. The summed E-state index contributed by atoms with van der Waals surface area (Å²) in [5, 5.41) is 0.165. The van der Waals surface area contributed by atoms with Gasteiger partial charge in [-0.2, -0.15) is 13.2 Å². The van der Waals surface area contributed by atoms with Crippen molar-refractivity contribution in [2.24, 2.45) is 0 Å². The molecule has 134 valence electrons. The number of hydrogen-bond acceptors (Lipinski definition) is 4. The summed E-state index contributed by atoms with van der Waals surface area (Å²) in [7, 11) is 0. The zero-order valence-electron chi connectivity index (χ0n) is 13.6. The van der Waals surface area contributed by atoms with Gasteiger partial charge in [-0.05, 0) is 43.3 Å². The number of nitrogens with zero attached hydrogens (tertiary/aromatic N) is 2. The van der Waals surface area contributed by atoms with Gasteiger partial charge in [0.15, 0.2) is 0 Å². The smallest absolute Gasteiger partial charge is 0.416 e. The molecule has 3 rings (SSSR count). The molecule has 2 aromatic heterocycles. The van der Waals surface area contributed by atoms with Crippen LogP contribution in [0.15, 0.2) is 53.6 Å². The van der Waals surface area contributed by atoms with E-state index in [4.69, 9.17) is 4.74 Å². The van der Waals surface area contributed by atoms with Crippen LogP contribution in [0.3, 0.4) is 0 Å². The first kappa shape index (κ1) is 17.7. The number of benzene rings is 1. The quantitative estimate of drug-likeness (QED) is 0.668. The summed E-state index contributed by atoms with van der Waals surface area (Å²) in [6.45, 7) is 1.69. The first-order chi connectivity index (χ1) is 12.3. The summed E-state index contributed by atoms with van der Waals surface area (Å²) in [5.74, 6) is -0.802. The third kappa shape index (κ3) is 3.17. The number of esters is 1. The van der Waals surface area contributed by atoms with Crippen molar-refractivity contribution < 1.29 is 22.7 Å². The van der Waals surface area contributed by atoms with E-state index in [1.54, 1.807) is 6.92 Å². The molecule has 0 spiro atoms. The zero-order chi connectivity index (χ0) is 18.9. The van der Waals surface area contributed by atoms with Gasteiger partial charge < -0.3 is 9.30 Å². The van der Waals surface area contributed by atoms with Crippen LogP contribution < -0.4 is 5.43 Å². The highest BCUT2D eigenvalue weighted by molar-refractivity contribution is 5.93. The lowest BCUT2D eigenvalue weighted by Gasteiger charge is -2.13. The normalized spacial score (nSPS) is 11.5. The molecular weight excluding hydrogens is 349 g/mol. The summed E-state index contributed by atoms with van der Waals surface area (Å²) >= 11 is 0. The number of pyridine rings is 2. The van der Waals surface area contributed by atoms with Gasteiger partial charge in [0.25, 0.3) is 0 Å². The second kappa shape index (κ2) is 6.62. The van der Waals surface area contributed by atoms with E-state index >= 15 is 0 Å². The molecule has 0 fully saturated rings. The van der Waals surface area contributed by atoms with Crippen LogP contribution in [-0.4, -0.2) is 22.1 Å². The van der Waals surface area contributed by atoms with Crippen LogP contribution >= 0.6 is 0 Å². The van der Waals surface area contributed by atoms with Crippen molar-refractivity contribution in [3.05, 3.63) is 70.1 Å². The molecular formula is C18H13F3N2O3. The van der Waals surface area contributed by atoms with Gasteiger partial charge in [-0.3, -0.25) is 4.79 Å². The van der Waals surface area contributed by atoms with Crippen molar-refractivity contribution in [2.75, 3.05) is 6.61 Å². The van der Waals surface area contributed by atoms with Crippen molar-refractivity contribution >= 4 is 17.0 Å². The summed E-state index contributed by atoms with van der Waals surface area (Å²) in [6, 6.07) is 7.37. The van der Waals surface area contributed by atoms with E-state index in [1.807, 2.05) is 0 Å². The van der Waals surface area contributed by atoms with E-state index in [9.17, 15) is 22.8 Å². The second-order valence-electron chi connectivity index (χ2n) is 5.38. The minimum absolute atomic E-state index is 0.0869. The van der Waals surface area contributed by atoms with Gasteiger partial charge in [-0.15, -0.1) is 0 Å². The molecule has 0 N–H and O–H groups in total. The Labute approximate surface area is 145 Å². The summed E-state index contributed by atoms with van der Waals surface area (Å²) < 4.78 is 44.6. The lowest BCUT2D eigenvalue weighted by Crippen LogP contribution is -2.21. The Morgan fingerprint density at radius 3 is 2.50 bits per heavy atom. The topological polar surface area (TPSA) is 61.2 Å². The van der Waals surface area contributed by atoms with Crippen LogP contribution in [0.5, 0.6) is 0 Å². The number of halogens is 3. The van der Waals surface area contributed by atoms with E-state index in [-0.39, 0.29) is 23.2 Å². The summed E-state index contributed by atoms with van der Waals surface area (Å²) in [4.78, 5) is 28.7. The van der Waals surface area contributed by atoms with Gasteiger partial charge in [0.2, 0.25) is 5.43 Å². The predicted molar refractivity (Wildman–Crippen MR) is 88.3 cm³/mol. The van der Waals surface area contributed by atoms with E-state index in [2.05, 4.69) is 4.98 Å². The molecule has 26 heavy (non-hydrogen) atoms. The van der Waals surface area contributed by atoms with Crippen LogP contribution in [0.2, 0.25) is 0 Å². The van der Waals surface area contributed by atoms with Crippen LogP contribution in [-0.2, 0) is 10.9 Å². The van der Waals surface area contributed by atoms with E-state index < -0.39 is 23.1 Å². The molecule has 0 bridgehead atoms. The first-order valence-electron chi connectivity index (χ1n) is 7.68. The molecule has 0 aliphatic rings. The Morgan fingerprint density at radius 2 is 1.88 bits per heavy atom. The van der Waals surface area contributed by atoms with Crippen molar-refractivity contribution in [1.29, 1.82) is 0 Å². The fourth-order valence-electron chi connectivity index (χ4n) is 2.52. The number of rotatable bonds is 3. The number of fused-ring (bicyclic) bond motifs is 1. The summed E-state index contributed by atoms with van der Waals surface area (Å²) in [6.07, 6.45) is -1.77. The molecule has 2 heterocycles. The van der Waals surface area contributed by atoms with Crippen molar-refractivity contribution in [3.8, 4) is 5.69 Å². The van der Waals surface area contributed by atoms with Crippen LogP contribution in [0.1, 0.15) is 22.8 Å². The lowest BCUT2D eigenvalue weighted by molar-refractivity contribution is -0.137. The predicted octanol–water partition coefficient (Wildman–Crippen LogP) is 3.58. The fourth-order valence-corrected chi connectivity index (χ4v) is 2.52. The maximum absolute atomic E-state index is 12.8. The van der Waals surface area contributed by atoms with Crippen LogP contribution in [0, 0.1) is 0 Å². The van der Waals surface area contributed by atoms with Gasteiger partial charge in [-0.25, -0.2) is 9.78 Å². The number of carbonyl (C=O) groups is 1. The molecule has 0 saturated heterocycles. The Balaban J connectivity index is 2.23. The standard InChI is InChI=1S/C18H13F3N2O3/c1-2-26-17(25)14-10-23(16-13(15(14)24)4-3-9-22-16)12-7-5-11(6-8-12)18(19,20)21/h3-10H,2H2,1H3. The third-order valence-corrected chi connectivity index (χ3v) is 3.73. The highest BCUT2D eigenvalue weighted by atomic mass is 19.4. The van der Waals surface area contributed by atoms with Gasteiger partial charge in [-0.1, -0.05) is 0 Å². The number of hydrogen-bond donors (Lipinski definition) is 0. The van der Waals surface area contributed by atoms with Gasteiger partial charge in [0, 0.05) is 18.1 Å². The molecule has 1 aromatic carbocycles. The molecule has 0 saturated carbocycles. The Morgan fingerprint density at radius 1 is 1.19 bits per heavy atom. The largest absolute Gasteiger partial charge is 0.462 e. The fraction of sp³-hybridized carbons (Fsp3) is 0.167. The van der Waals surface area contributed by atoms with Crippen molar-refractivity contribution in [3.63, 3.8) is 0 Å². The molecule has 5 nitrogen and oxygen atoms in total. The molecule has 0 aliphatic carbocycles. The Kier molecular flexibility index (Phi) is 4.50. The van der Waals surface area contributed by atoms with Gasteiger partial charge in [0.1, 0.15) is 11.2 Å². The molecule has 3 aromatic rings. The zero-order valence-corrected chi connectivity index (χ0v) is 13.6. The molecule has 0 radical (unpaired) electrons. The third-order valence-electron chi connectivity index (χ3n) is 3.73.